The van der Waals surface area contributed by atoms with Crippen molar-refractivity contribution in [3.8, 4) is 5.75 Å². The van der Waals surface area contributed by atoms with Gasteiger partial charge in [0.15, 0.2) is 0 Å². The SMILES string of the molecule is CC[C@H](C)[C@@H]1NC(=O)c2ccccc2C1=CC(=O)Oc1ccc(COC(=O)/C=C2/c3ccccc3C(=O)N[C@H]2[C@@H](C)CC)cc1. The van der Waals surface area contributed by atoms with Crippen molar-refractivity contribution in [3.05, 3.63) is 113 Å². The lowest BCUT2D eigenvalue weighted by molar-refractivity contribution is -0.139. The molecule has 0 spiro atoms. The van der Waals surface area contributed by atoms with Crippen LogP contribution < -0.4 is 15.4 Å². The smallest absolute Gasteiger partial charge is 0.336 e. The van der Waals surface area contributed by atoms with Crippen LogP contribution in [0.4, 0.5) is 0 Å². The molecule has 0 aliphatic carbocycles. The number of amides is 2. The van der Waals surface area contributed by atoms with Gasteiger partial charge >= 0.3 is 11.9 Å². The summed E-state index contributed by atoms with van der Waals surface area (Å²) in [6.07, 6.45) is 4.58. The minimum absolute atomic E-state index is 0.0238. The molecule has 2 aliphatic rings. The molecule has 5 rings (SSSR count). The average molecular weight is 607 g/mol. The van der Waals surface area contributed by atoms with Crippen LogP contribution in [0.15, 0.2) is 84.9 Å². The molecule has 2 aliphatic heterocycles. The molecule has 0 saturated heterocycles. The van der Waals surface area contributed by atoms with Crippen LogP contribution in [0.2, 0.25) is 0 Å². The van der Waals surface area contributed by atoms with Crippen LogP contribution in [0.5, 0.6) is 5.75 Å². The number of benzene rings is 3. The van der Waals surface area contributed by atoms with Crippen LogP contribution in [0.25, 0.3) is 11.1 Å². The van der Waals surface area contributed by atoms with Gasteiger partial charge in [-0.15, -0.1) is 0 Å². The lowest BCUT2D eigenvalue weighted by Gasteiger charge is -2.32. The molecule has 3 aromatic rings. The number of ether oxygens (including phenoxy) is 2. The van der Waals surface area contributed by atoms with Crippen LogP contribution >= 0.6 is 0 Å². The van der Waals surface area contributed by atoms with E-state index in [2.05, 4.69) is 10.6 Å². The van der Waals surface area contributed by atoms with Crippen molar-refractivity contribution < 1.29 is 28.7 Å². The molecule has 0 radical (unpaired) electrons. The highest BCUT2D eigenvalue weighted by Crippen LogP contribution is 2.33. The molecule has 0 aromatic heterocycles. The van der Waals surface area contributed by atoms with Crippen LogP contribution in [0, 0.1) is 11.8 Å². The Hall–Kier alpha value is -4.98. The van der Waals surface area contributed by atoms with E-state index in [-0.39, 0.29) is 42.3 Å². The van der Waals surface area contributed by atoms with Crippen molar-refractivity contribution in [1.82, 2.24) is 10.6 Å². The van der Waals surface area contributed by atoms with Gasteiger partial charge < -0.3 is 20.1 Å². The third kappa shape index (κ3) is 6.90. The largest absolute Gasteiger partial charge is 0.458 e. The predicted octanol–water partition coefficient (Wildman–Crippen LogP) is 6.12. The minimum atomic E-state index is -0.550. The molecule has 2 amide bonds. The molecular weight excluding hydrogens is 568 g/mol. The van der Waals surface area contributed by atoms with E-state index in [0.717, 1.165) is 40.7 Å². The summed E-state index contributed by atoms with van der Waals surface area (Å²) in [5, 5.41) is 6.08. The second-order valence-electron chi connectivity index (χ2n) is 11.6. The summed E-state index contributed by atoms with van der Waals surface area (Å²) in [4.78, 5) is 51.3. The van der Waals surface area contributed by atoms with Gasteiger partial charge in [-0.2, -0.15) is 0 Å². The monoisotopic (exact) mass is 606 g/mol. The molecule has 8 heteroatoms. The second kappa shape index (κ2) is 13.8. The third-order valence-electron chi connectivity index (χ3n) is 8.70. The number of nitrogens with one attached hydrogen (secondary N) is 2. The van der Waals surface area contributed by atoms with E-state index in [0.29, 0.717) is 16.9 Å². The maximum Gasteiger partial charge on any atom is 0.336 e. The van der Waals surface area contributed by atoms with Crippen molar-refractivity contribution in [1.29, 1.82) is 0 Å². The molecule has 0 bridgehead atoms. The first-order chi connectivity index (χ1) is 21.7. The van der Waals surface area contributed by atoms with Gasteiger partial charge in [0.2, 0.25) is 0 Å². The highest BCUT2D eigenvalue weighted by atomic mass is 16.5. The van der Waals surface area contributed by atoms with Crippen LogP contribution in [-0.2, 0) is 20.9 Å². The van der Waals surface area contributed by atoms with Gasteiger partial charge in [0.05, 0.1) is 12.1 Å². The Balaban J connectivity index is 1.26. The Bertz CT molecular complexity index is 1670. The Morgan fingerprint density at radius 3 is 1.60 bits per heavy atom. The summed E-state index contributed by atoms with van der Waals surface area (Å²) < 4.78 is 11.2. The first-order valence-electron chi connectivity index (χ1n) is 15.4. The number of esters is 2. The van der Waals surface area contributed by atoms with E-state index in [1.54, 1.807) is 48.5 Å². The summed E-state index contributed by atoms with van der Waals surface area (Å²) in [7, 11) is 0. The van der Waals surface area contributed by atoms with Gasteiger partial charge in [0.1, 0.15) is 12.4 Å². The average Bonchev–Trinajstić information content (AvgIpc) is 3.06. The topological polar surface area (TPSA) is 111 Å². The van der Waals surface area contributed by atoms with Crippen molar-refractivity contribution >= 4 is 34.9 Å². The molecule has 45 heavy (non-hydrogen) atoms. The highest BCUT2D eigenvalue weighted by Gasteiger charge is 2.33. The minimum Gasteiger partial charge on any atom is -0.458 e. The van der Waals surface area contributed by atoms with Gasteiger partial charge in [-0.25, -0.2) is 9.59 Å². The van der Waals surface area contributed by atoms with Gasteiger partial charge in [0, 0.05) is 23.3 Å². The normalized spacial score (nSPS) is 20.4. The van der Waals surface area contributed by atoms with E-state index in [1.165, 1.54) is 12.2 Å². The first-order valence-corrected chi connectivity index (χ1v) is 15.4. The first kappa shape index (κ1) is 31.4. The molecular formula is C37H38N2O6. The van der Waals surface area contributed by atoms with Crippen molar-refractivity contribution in [2.45, 2.75) is 59.2 Å². The summed E-state index contributed by atoms with van der Waals surface area (Å²) in [6.45, 7) is 8.19. The summed E-state index contributed by atoms with van der Waals surface area (Å²) in [6, 6.07) is 20.6. The number of hydrogen-bond donors (Lipinski definition) is 2. The third-order valence-corrected chi connectivity index (χ3v) is 8.70. The fraction of sp³-hybridized carbons (Fsp3) is 0.297. The van der Waals surface area contributed by atoms with Crippen molar-refractivity contribution in [3.63, 3.8) is 0 Å². The summed E-state index contributed by atoms with van der Waals surface area (Å²) in [5.41, 5.74) is 4.69. The number of hydrogen-bond acceptors (Lipinski definition) is 6. The lowest BCUT2D eigenvalue weighted by atomic mass is 9.82. The number of fused-ring (bicyclic) bond motifs is 2. The second-order valence-corrected chi connectivity index (χ2v) is 11.6. The summed E-state index contributed by atoms with van der Waals surface area (Å²) in [5.74, 6) is -0.781. The van der Waals surface area contributed by atoms with E-state index in [1.807, 2.05) is 52.0 Å². The molecule has 0 unspecified atom stereocenters. The van der Waals surface area contributed by atoms with Crippen molar-refractivity contribution in [2.75, 3.05) is 0 Å². The maximum atomic E-state index is 13.0. The quantitative estimate of drug-likeness (QED) is 0.173. The molecule has 8 nitrogen and oxygen atoms in total. The zero-order chi connectivity index (χ0) is 32.1. The molecule has 0 fully saturated rings. The molecule has 4 atom stereocenters. The number of carbonyl (C=O) groups excluding carboxylic acids is 4. The Kier molecular flexibility index (Phi) is 9.62. The van der Waals surface area contributed by atoms with Crippen LogP contribution in [0.3, 0.4) is 0 Å². The fourth-order valence-electron chi connectivity index (χ4n) is 5.75. The van der Waals surface area contributed by atoms with E-state index < -0.39 is 11.9 Å². The van der Waals surface area contributed by atoms with E-state index in [9.17, 15) is 19.2 Å². The Morgan fingerprint density at radius 1 is 0.689 bits per heavy atom. The molecule has 232 valence electrons. The number of rotatable bonds is 9. The Morgan fingerprint density at radius 2 is 1.13 bits per heavy atom. The van der Waals surface area contributed by atoms with Gasteiger partial charge in [-0.1, -0.05) is 89.1 Å². The van der Waals surface area contributed by atoms with Crippen LogP contribution in [-0.4, -0.2) is 35.8 Å². The molecule has 3 aromatic carbocycles. The van der Waals surface area contributed by atoms with E-state index in [4.69, 9.17) is 9.47 Å². The summed E-state index contributed by atoms with van der Waals surface area (Å²) >= 11 is 0. The zero-order valence-corrected chi connectivity index (χ0v) is 26.0. The predicted molar refractivity (Wildman–Crippen MR) is 172 cm³/mol. The molecule has 2 N–H and O–H groups in total. The van der Waals surface area contributed by atoms with E-state index >= 15 is 0 Å². The van der Waals surface area contributed by atoms with Crippen LogP contribution in [0.1, 0.15) is 77.9 Å². The maximum absolute atomic E-state index is 13.0. The molecule has 0 saturated carbocycles. The standard InChI is InChI=1S/C37H38N2O6/c1-5-22(3)34-30(26-11-7-9-13-28(26)36(42)38-34)19-32(40)44-21-24-15-17-25(18-16-24)45-33(41)20-31-27-12-8-10-14-29(27)37(43)39-35(31)23(4)6-2/h7-20,22-23,34-35H,5-6,21H2,1-4H3,(H,38,42)(H,39,43)/b30-19-,31-20?/t22-,23-,34-,35-/m0/s1. The fourth-order valence-corrected chi connectivity index (χ4v) is 5.75. The van der Waals surface area contributed by atoms with Crippen molar-refractivity contribution in [2.24, 2.45) is 11.8 Å². The van der Waals surface area contributed by atoms with Gasteiger partial charge in [-0.3, -0.25) is 9.59 Å². The zero-order valence-electron chi connectivity index (χ0n) is 26.0. The highest BCUT2D eigenvalue weighted by molar-refractivity contribution is 6.07. The lowest BCUT2D eigenvalue weighted by Crippen LogP contribution is -2.44. The van der Waals surface area contributed by atoms with Gasteiger partial charge in [0.25, 0.3) is 11.8 Å². The Labute approximate surface area is 263 Å². The number of carbonyl (C=O) groups is 4. The molecule has 2 heterocycles. The van der Waals surface area contributed by atoms with Gasteiger partial charge in [-0.05, 0) is 63.9 Å².